The molecule has 3 aromatic carbocycles. The van der Waals surface area contributed by atoms with Gasteiger partial charge in [-0.05, 0) is 83.4 Å². The van der Waals surface area contributed by atoms with Crippen LogP contribution in [0.25, 0.3) is 5.76 Å². The minimum absolute atomic E-state index is 0.0220. The van der Waals surface area contributed by atoms with E-state index in [9.17, 15) is 14.7 Å². The number of nitrogens with zero attached hydrogens (tertiary/aromatic N) is 1. The number of ketones is 1. The number of carbonyl (C=O) groups is 2. The van der Waals surface area contributed by atoms with Crippen molar-refractivity contribution in [2.75, 3.05) is 25.7 Å². The van der Waals surface area contributed by atoms with Gasteiger partial charge >= 0.3 is 0 Å². The molecule has 1 heterocycles. The lowest BCUT2D eigenvalue weighted by atomic mass is 9.94. The third kappa shape index (κ3) is 4.56. The lowest BCUT2D eigenvalue weighted by Gasteiger charge is -2.26. The van der Waals surface area contributed by atoms with Crippen LogP contribution in [0.15, 0.2) is 70.7 Å². The molecule has 0 radical (unpaired) electrons. The molecule has 7 nitrogen and oxygen atoms in total. The lowest BCUT2D eigenvalue weighted by molar-refractivity contribution is -0.132. The van der Waals surface area contributed by atoms with Gasteiger partial charge < -0.3 is 19.3 Å². The summed E-state index contributed by atoms with van der Waals surface area (Å²) in [6, 6.07) is 16.6. The maximum atomic E-state index is 13.4. The van der Waals surface area contributed by atoms with E-state index in [4.69, 9.17) is 14.2 Å². The molecule has 0 aliphatic carbocycles. The Hall–Kier alpha value is -3.78. The summed E-state index contributed by atoms with van der Waals surface area (Å²) in [5.74, 6) is -0.231. The molecule has 1 aliphatic rings. The minimum Gasteiger partial charge on any atom is -0.507 e. The number of aryl methyl sites for hydroxylation is 1. The van der Waals surface area contributed by atoms with E-state index in [1.807, 2.05) is 32.0 Å². The molecule has 36 heavy (non-hydrogen) atoms. The molecular weight excluding hydrogens is 526 g/mol. The van der Waals surface area contributed by atoms with Crippen molar-refractivity contribution >= 4 is 39.1 Å². The van der Waals surface area contributed by atoms with Crippen LogP contribution in [0.4, 0.5) is 5.69 Å². The number of halogens is 1. The van der Waals surface area contributed by atoms with Crippen LogP contribution in [0.1, 0.15) is 29.7 Å². The van der Waals surface area contributed by atoms with E-state index < -0.39 is 17.7 Å². The van der Waals surface area contributed by atoms with Gasteiger partial charge in [-0.25, -0.2) is 0 Å². The molecule has 0 saturated carbocycles. The zero-order valence-corrected chi connectivity index (χ0v) is 22.0. The van der Waals surface area contributed by atoms with E-state index in [-0.39, 0.29) is 11.3 Å². The van der Waals surface area contributed by atoms with Crippen molar-refractivity contribution in [2.45, 2.75) is 19.9 Å². The Balaban J connectivity index is 1.97. The molecule has 1 fully saturated rings. The van der Waals surface area contributed by atoms with E-state index in [0.29, 0.717) is 45.1 Å². The van der Waals surface area contributed by atoms with Gasteiger partial charge in [-0.1, -0.05) is 18.2 Å². The summed E-state index contributed by atoms with van der Waals surface area (Å²) in [7, 11) is 3.07. The Morgan fingerprint density at radius 1 is 0.972 bits per heavy atom. The van der Waals surface area contributed by atoms with Crippen LogP contribution in [-0.4, -0.2) is 37.6 Å². The number of anilines is 1. The van der Waals surface area contributed by atoms with E-state index in [0.717, 1.165) is 5.56 Å². The SMILES string of the molecule is CCOc1cc(C2/C(=C(/O)c3ccc(OC)c(Br)c3)C(=O)C(=O)N2c2cccc(C)c2)ccc1OC. The van der Waals surface area contributed by atoms with Crippen LogP contribution in [0.5, 0.6) is 17.2 Å². The number of methoxy groups -OCH3 is 2. The van der Waals surface area contributed by atoms with Crippen molar-refractivity contribution in [2.24, 2.45) is 0 Å². The first-order valence-corrected chi connectivity index (χ1v) is 12.1. The second-order valence-corrected chi connectivity index (χ2v) is 9.06. The molecule has 4 rings (SSSR count). The van der Waals surface area contributed by atoms with Crippen molar-refractivity contribution in [1.29, 1.82) is 0 Å². The summed E-state index contributed by atoms with van der Waals surface area (Å²) in [6.07, 6.45) is 0. The first-order chi connectivity index (χ1) is 17.3. The Kier molecular flexibility index (Phi) is 7.35. The highest BCUT2D eigenvalue weighted by Gasteiger charge is 2.47. The quantitative estimate of drug-likeness (QED) is 0.227. The summed E-state index contributed by atoms with van der Waals surface area (Å²) in [5, 5.41) is 11.4. The molecule has 1 atom stereocenters. The maximum absolute atomic E-state index is 13.4. The van der Waals surface area contributed by atoms with Crippen LogP contribution in [0.2, 0.25) is 0 Å². The third-order valence-corrected chi connectivity index (χ3v) is 6.57. The molecular formula is C28H26BrNO6. The number of benzene rings is 3. The van der Waals surface area contributed by atoms with Gasteiger partial charge in [0.2, 0.25) is 0 Å². The highest BCUT2D eigenvalue weighted by Crippen LogP contribution is 2.44. The number of hydrogen-bond acceptors (Lipinski definition) is 6. The molecule has 0 aromatic heterocycles. The molecule has 1 unspecified atom stereocenters. The standard InChI is InChI=1S/C28H26BrNO6/c1-5-36-23-15-17(9-12-22(23)35-4)25-24(26(31)18-10-11-21(34-3)20(29)14-18)27(32)28(33)30(25)19-8-6-7-16(2)13-19/h6-15,25,31H,5H2,1-4H3/b26-24-. The van der Waals surface area contributed by atoms with Crippen molar-refractivity contribution in [1.82, 2.24) is 0 Å². The smallest absolute Gasteiger partial charge is 0.300 e. The zero-order chi connectivity index (χ0) is 26.0. The first kappa shape index (κ1) is 25.3. The van der Waals surface area contributed by atoms with Gasteiger partial charge in [-0.2, -0.15) is 0 Å². The zero-order valence-electron chi connectivity index (χ0n) is 20.4. The van der Waals surface area contributed by atoms with E-state index in [2.05, 4.69) is 15.9 Å². The van der Waals surface area contributed by atoms with Crippen LogP contribution in [0, 0.1) is 6.92 Å². The Morgan fingerprint density at radius 2 is 1.69 bits per heavy atom. The number of Topliss-reactive ketones (excluding diaryl/α,β-unsaturated/α-hetero) is 1. The largest absolute Gasteiger partial charge is 0.507 e. The van der Waals surface area contributed by atoms with Crippen LogP contribution in [0.3, 0.4) is 0 Å². The van der Waals surface area contributed by atoms with Crippen molar-refractivity contribution in [3.05, 3.63) is 87.4 Å². The molecule has 1 N–H and O–H groups in total. The van der Waals surface area contributed by atoms with E-state index in [1.165, 1.54) is 19.1 Å². The van der Waals surface area contributed by atoms with Gasteiger partial charge in [-0.3, -0.25) is 14.5 Å². The first-order valence-electron chi connectivity index (χ1n) is 11.3. The lowest BCUT2D eigenvalue weighted by Crippen LogP contribution is -2.29. The average molecular weight is 552 g/mol. The number of ether oxygens (including phenoxy) is 3. The molecule has 0 bridgehead atoms. The van der Waals surface area contributed by atoms with Gasteiger partial charge in [0.1, 0.15) is 11.5 Å². The van der Waals surface area contributed by atoms with E-state index >= 15 is 0 Å². The van der Waals surface area contributed by atoms with Gasteiger partial charge in [0, 0.05) is 11.3 Å². The van der Waals surface area contributed by atoms with Crippen LogP contribution >= 0.6 is 15.9 Å². The Bertz CT molecular complexity index is 1370. The monoisotopic (exact) mass is 551 g/mol. The normalized spacial score (nSPS) is 16.8. The Morgan fingerprint density at radius 3 is 2.33 bits per heavy atom. The van der Waals surface area contributed by atoms with Crippen LogP contribution in [-0.2, 0) is 9.59 Å². The third-order valence-electron chi connectivity index (χ3n) is 5.95. The summed E-state index contributed by atoms with van der Waals surface area (Å²) in [5.41, 5.74) is 2.41. The molecule has 1 amide bonds. The second-order valence-electron chi connectivity index (χ2n) is 8.20. The fourth-order valence-electron chi connectivity index (χ4n) is 4.29. The molecule has 8 heteroatoms. The van der Waals surface area contributed by atoms with Crippen LogP contribution < -0.4 is 19.1 Å². The number of aliphatic hydroxyl groups is 1. The molecule has 186 valence electrons. The molecule has 0 spiro atoms. The molecule has 1 aliphatic heterocycles. The fourth-order valence-corrected chi connectivity index (χ4v) is 4.83. The minimum atomic E-state index is -0.891. The second kappa shape index (κ2) is 10.5. The molecule has 1 saturated heterocycles. The summed E-state index contributed by atoms with van der Waals surface area (Å²) >= 11 is 3.42. The molecule has 3 aromatic rings. The van der Waals surface area contributed by atoms with Gasteiger partial charge in [0.25, 0.3) is 11.7 Å². The summed E-state index contributed by atoms with van der Waals surface area (Å²) in [4.78, 5) is 28.2. The summed E-state index contributed by atoms with van der Waals surface area (Å²) < 4.78 is 17.0. The topological polar surface area (TPSA) is 85.3 Å². The predicted octanol–water partition coefficient (Wildman–Crippen LogP) is 5.80. The van der Waals surface area contributed by atoms with Crippen molar-refractivity contribution in [3.8, 4) is 17.2 Å². The number of amides is 1. The highest BCUT2D eigenvalue weighted by atomic mass is 79.9. The highest BCUT2D eigenvalue weighted by molar-refractivity contribution is 9.10. The fraction of sp³-hybridized carbons (Fsp3) is 0.214. The van der Waals surface area contributed by atoms with Crippen molar-refractivity contribution in [3.63, 3.8) is 0 Å². The number of hydrogen-bond donors (Lipinski definition) is 1. The van der Waals surface area contributed by atoms with Gasteiger partial charge in [-0.15, -0.1) is 0 Å². The summed E-state index contributed by atoms with van der Waals surface area (Å²) in [6.45, 7) is 4.16. The van der Waals surface area contributed by atoms with Crippen molar-refractivity contribution < 1.29 is 28.9 Å². The average Bonchev–Trinajstić information content (AvgIpc) is 3.14. The van der Waals surface area contributed by atoms with Gasteiger partial charge in [0.05, 0.1) is 36.9 Å². The number of rotatable bonds is 7. The van der Waals surface area contributed by atoms with Gasteiger partial charge in [0.15, 0.2) is 11.5 Å². The Labute approximate surface area is 218 Å². The van der Waals surface area contributed by atoms with E-state index in [1.54, 1.807) is 42.5 Å². The maximum Gasteiger partial charge on any atom is 0.300 e. The predicted molar refractivity (Wildman–Crippen MR) is 141 cm³/mol. The number of aliphatic hydroxyl groups excluding tert-OH is 1. The number of carbonyl (C=O) groups excluding carboxylic acids is 2.